The molecule has 0 amide bonds. The molecule has 1 aromatic carbocycles. The number of rotatable bonds is 8. The summed E-state index contributed by atoms with van der Waals surface area (Å²) >= 11 is 1.31. The molecule has 7 rings (SSSR count). The van der Waals surface area contributed by atoms with Crippen molar-refractivity contribution in [2.24, 2.45) is 0 Å². The average molecular weight is 673 g/mol. The van der Waals surface area contributed by atoms with E-state index in [1.165, 1.54) is 11.8 Å². The minimum Gasteiger partial charge on any atom is -0.371 e. The predicted octanol–water partition coefficient (Wildman–Crippen LogP) is 3.12. The zero-order valence-electron chi connectivity index (χ0n) is 25.8. The topological polar surface area (TPSA) is 134 Å². The Kier molecular flexibility index (Phi) is 11.5. The number of benzene rings is 1. The van der Waals surface area contributed by atoms with E-state index in [4.69, 9.17) is 42.1 Å². The maximum atomic E-state index is 12.5. The lowest BCUT2D eigenvalue weighted by Crippen LogP contribution is -2.38. The van der Waals surface area contributed by atoms with Crippen LogP contribution in [0, 0.1) is 6.92 Å². The first-order valence-corrected chi connectivity index (χ1v) is 18.2. The molecule has 2 unspecified atom stereocenters. The van der Waals surface area contributed by atoms with E-state index >= 15 is 0 Å². The number of carbonyl (C=O) groups excluding carboxylic acids is 1. The van der Waals surface area contributed by atoms with Crippen molar-refractivity contribution < 1.29 is 55.3 Å². The fourth-order valence-electron chi connectivity index (χ4n) is 6.44. The summed E-state index contributed by atoms with van der Waals surface area (Å²) in [5.74, 6) is 0. The van der Waals surface area contributed by atoms with Crippen molar-refractivity contribution in [3.05, 3.63) is 29.8 Å². The Morgan fingerprint density at radius 2 is 1.22 bits per heavy atom. The van der Waals surface area contributed by atoms with Gasteiger partial charge in [0.1, 0.15) is 42.7 Å². The van der Waals surface area contributed by atoms with E-state index < -0.39 is 22.3 Å². The zero-order valence-corrected chi connectivity index (χ0v) is 27.4. The summed E-state index contributed by atoms with van der Waals surface area (Å²) in [5, 5.41) is 0.209. The van der Waals surface area contributed by atoms with E-state index in [-0.39, 0.29) is 65.0 Å². The summed E-state index contributed by atoms with van der Waals surface area (Å²) in [5.41, 5.74) is 0.984. The number of thioether (sulfide) groups is 1. The van der Waals surface area contributed by atoms with Gasteiger partial charge in [0, 0.05) is 20.1 Å². The maximum Gasteiger partial charge on any atom is 0.297 e. The lowest BCUT2D eigenvalue weighted by Gasteiger charge is -2.27. The van der Waals surface area contributed by atoms with Crippen molar-refractivity contribution >= 4 is 27.0 Å². The second-order valence-corrected chi connectivity index (χ2v) is 15.2. The summed E-state index contributed by atoms with van der Waals surface area (Å²) in [6.45, 7) is 6.55. The quantitative estimate of drug-likeness (QED) is 0.375. The molecule has 6 fully saturated rings. The predicted molar refractivity (Wildman–Crippen MR) is 161 cm³/mol. The van der Waals surface area contributed by atoms with Gasteiger partial charge in [-0.15, -0.1) is 0 Å². The molecule has 6 aliphatic heterocycles. The molecule has 0 spiro atoms. The monoisotopic (exact) mass is 672 g/mol. The molecule has 6 saturated heterocycles. The highest BCUT2D eigenvalue weighted by Crippen LogP contribution is 2.37. The van der Waals surface area contributed by atoms with E-state index in [9.17, 15) is 13.2 Å². The number of carbonyl (C=O) groups is 1. The largest absolute Gasteiger partial charge is 0.371 e. The highest BCUT2D eigenvalue weighted by atomic mass is 32.2. The molecule has 0 bridgehead atoms. The fraction of sp³-hybridized carbons (Fsp3) is 0.774. The highest BCUT2D eigenvalue weighted by molar-refractivity contribution is 8.14. The molecule has 1 aromatic rings. The molecular formula is C31H44O12S2. The van der Waals surface area contributed by atoms with Crippen molar-refractivity contribution in [1.29, 1.82) is 0 Å². The molecule has 12 nitrogen and oxygen atoms in total. The SMILES string of the molecule is CC(=O)S[C@H]1CO[C@H]2[C@@H]1OC[C@H]2OC1CCCCO1.Cc1ccc(S(=O)(=O)O[C@@H]2CO[C@H]3[C@@H]2OC[C@H]3OC2CCCCO2)cc1. The summed E-state index contributed by atoms with van der Waals surface area (Å²) < 4.78 is 76.6. The molecule has 0 saturated carbocycles. The van der Waals surface area contributed by atoms with Gasteiger partial charge in [0.05, 0.1) is 36.6 Å². The van der Waals surface area contributed by atoms with E-state index in [0.29, 0.717) is 26.4 Å². The van der Waals surface area contributed by atoms with Crippen LogP contribution >= 0.6 is 11.8 Å². The molecule has 45 heavy (non-hydrogen) atoms. The van der Waals surface area contributed by atoms with Crippen molar-refractivity contribution in [1.82, 2.24) is 0 Å². The average Bonchev–Trinajstić information content (AvgIpc) is 3.81. The Bertz CT molecular complexity index is 1220. The van der Waals surface area contributed by atoms with Gasteiger partial charge in [-0.1, -0.05) is 29.5 Å². The molecule has 6 aliphatic rings. The van der Waals surface area contributed by atoms with E-state index in [1.807, 2.05) is 6.92 Å². The van der Waals surface area contributed by atoms with Crippen molar-refractivity contribution in [2.75, 3.05) is 39.6 Å². The third-order valence-corrected chi connectivity index (χ3v) is 11.1. The Hall–Kier alpha value is -1.17. The van der Waals surface area contributed by atoms with Crippen LogP contribution in [-0.4, -0.2) is 114 Å². The first-order valence-electron chi connectivity index (χ1n) is 15.9. The molecule has 0 N–H and O–H groups in total. The standard InChI is InChI=1S/C18H24O7S.C13H20O5S/c1-12-5-7-13(8-6-12)26(19,20)25-15-11-23-17-14(10-22-18(15)17)24-16-4-2-3-9-21-16;1-8(14)19-10-7-17-12-9(6-16-13(10)12)18-11-4-2-3-5-15-11/h5-8,14-18H,2-4,9-11H2,1H3;9-13H,2-7H2,1H3/t14-,15-,16?,17-,18-;9-,10+,11?,12-,13-/m11/s1. The van der Waals surface area contributed by atoms with Crippen LogP contribution in [0.2, 0.25) is 0 Å². The van der Waals surface area contributed by atoms with Gasteiger partial charge in [-0.3, -0.25) is 8.98 Å². The summed E-state index contributed by atoms with van der Waals surface area (Å²) in [6.07, 6.45) is 3.96. The molecule has 0 aromatic heterocycles. The van der Waals surface area contributed by atoms with Gasteiger partial charge in [0.25, 0.3) is 10.1 Å². The minimum absolute atomic E-state index is 0.0255. The Morgan fingerprint density at radius 1 is 0.711 bits per heavy atom. The molecular weight excluding hydrogens is 628 g/mol. The van der Waals surface area contributed by atoms with Crippen LogP contribution in [0.15, 0.2) is 29.2 Å². The number of hydrogen-bond acceptors (Lipinski definition) is 13. The molecule has 0 radical (unpaired) electrons. The first-order chi connectivity index (χ1) is 21.8. The van der Waals surface area contributed by atoms with Crippen LogP contribution in [0.5, 0.6) is 0 Å². The minimum atomic E-state index is -3.87. The Balaban J connectivity index is 0.000000167. The number of aryl methyl sites for hydroxylation is 1. The molecule has 0 aliphatic carbocycles. The third-order valence-electron chi connectivity index (χ3n) is 8.73. The smallest absolute Gasteiger partial charge is 0.297 e. The van der Waals surface area contributed by atoms with Gasteiger partial charge >= 0.3 is 0 Å². The first kappa shape index (κ1) is 33.7. The fourth-order valence-corrected chi connectivity index (χ4v) is 8.45. The summed E-state index contributed by atoms with van der Waals surface area (Å²) in [7, 11) is -3.87. The van der Waals surface area contributed by atoms with Gasteiger partial charge in [0.15, 0.2) is 17.7 Å². The van der Waals surface area contributed by atoms with Crippen molar-refractivity contribution in [3.8, 4) is 0 Å². The van der Waals surface area contributed by atoms with Crippen LogP contribution in [0.25, 0.3) is 0 Å². The van der Waals surface area contributed by atoms with Gasteiger partial charge in [-0.25, -0.2) is 0 Å². The van der Waals surface area contributed by atoms with Gasteiger partial charge in [-0.05, 0) is 57.6 Å². The Morgan fingerprint density at radius 3 is 1.78 bits per heavy atom. The number of fused-ring (bicyclic) bond motifs is 2. The van der Waals surface area contributed by atoms with Crippen LogP contribution in [0.3, 0.4) is 0 Å². The number of ether oxygens (including phenoxy) is 8. The molecule has 252 valence electrons. The van der Waals surface area contributed by atoms with Gasteiger partial charge in [0.2, 0.25) is 0 Å². The van der Waals surface area contributed by atoms with Crippen LogP contribution < -0.4 is 0 Å². The molecule has 10 atom stereocenters. The lowest BCUT2D eigenvalue weighted by molar-refractivity contribution is -0.202. The second kappa shape index (κ2) is 15.4. The molecule has 6 heterocycles. The normalized spacial score (nSPS) is 37.9. The van der Waals surface area contributed by atoms with Gasteiger partial charge < -0.3 is 37.9 Å². The lowest BCUT2D eigenvalue weighted by atomic mass is 10.1. The van der Waals surface area contributed by atoms with Gasteiger partial charge in [-0.2, -0.15) is 8.42 Å². The van der Waals surface area contributed by atoms with E-state index in [1.54, 1.807) is 31.2 Å². The second-order valence-electron chi connectivity index (χ2n) is 12.2. The summed E-state index contributed by atoms with van der Waals surface area (Å²) in [6, 6.07) is 6.56. The van der Waals surface area contributed by atoms with Crippen LogP contribution in [-0.2, 0) is 57.0 Å². The molecule has 14 heteroatoms. The van der Waals surface area contributed by atoms with Crippen LogP contribution in [0.4, 0.5) is 0 Å². The summed E-state index contributed by atoms with van der Waals surface area (Å²) in [4.78, 5) is 11.3. The Labute approximate surface area is 269 Å². The third kappa shape index (κ3) is 8.47. The maximum absolute atomic E-state index is 12.5. The van der Waals surface area contributed by atoms with E-state index in [2.05, 4.69) is 0 Å². The zero-order chi connectivity index (χ0) is 31.4. The highest BCUT2D eigenvalue weighted by Gasteiger charge is 2.51. The van der Waals surface area contributed by atoms with Crippen molar-refractivity contribution in [2.45, 2.75) is 118 Å². The van der Waals surface area contributed by atoms with Crippen molar-refractivity contribution in [3.63, 3.8) is 0 Å². The van der Waals surface area contributed by atoms with Crippen LogP contribution in [0.1, 0.15) is 51.0 Å². The van der Waals surface area contributed by atoms with E-state index in [0.717, 1.165) is 50.7 Å². The number of hydrogen-bond donors (Lipinski definition) is 0.